The number of benzene rings is 1. The largest absolute Gasteiger partial charge is 0.481 e. The number of carbonyl (C=O) groups is 1. The second kappa shape index (κ2) is 4.73. The van der Waals surface area contributed by atoms with E-state index in [4.69, 9.17) is 0 Å². The quantitative estimate of drug-likeness (QED) is 0.860. The van der Waals surface area contributed by atoms with Crippen molar-refractivity contribution in [3.63, 3.8) is 0 Å². The van der Waals surface area contributed by atoms with Gasteiger partial charge in [0, 0.05) is 0 Å². The molecule has 2 atom stereocenters. The highest BCUT2D eigenvalue weighted by atomic mass is 16.4. The minimum Gasteiger partial charge on any atom is -0.481 e. The van der Waals surface area contributed by atoms with Crippen molar-refractivity contribution in [2.24, 2.45) is 5.92 Å². The molecular formula is C15H20O3. The lowest BCUT2D eigenvalue weighted by molar-refractivity contribution is -0.145. The molecule has 18 heavy (non-hydrogen) atoms. The molecule has 1 aliphatic carbocycles. The van der Waals surface area contributed by atoms with Crippen molar-refractivity contribution in [1.82, 2.24) is 0 Å². The number of aryl methyl sites for hydroxylation is 1. The Bertz CT molecular complexity index is 453. The third kappa shape index (κ3) is 2.03. The molecule has 1 aromatic rings. The fourth-order valence-corrected chi connectivity index (χ4v) is 2.80. The van der Waals surface area contributed by atoms with Gasteiger partial charge in [-0.25, -0.2) is 0 Å². The first-order valence-electron chi connectivity index (χ1n) is 6.47. The van der Waals surface area contributed by atoms with Gasteiger partial charge in [0.25, 0.3) is 0 Å². The van der Waals surface area contributed by atoms with Crippen molar-refractivity contribution in [1.29, 1.82) is 0 Å². The monoisotopic (exact) mass is 248 g/mol. The average molecular weight is 248 g/mol. The van der Waals surface area contributed by atoms with E-state index >= 15 is 0 Å². The van der Waals surface area contributed by atoms with Gasteiger partial charge in [-0.1, -0.05) is 38.1 Å². The number of aliphatic hydroxyl groups excluding tert-OH is 1. The summed E-state index contributed by atoms with van der Waals surface area (Å²) in [4.78, 5) is 11.7. The van der Waals surface area contributed by atoms with Gasteiger partial charge in [0.15, 0.2) is 0 Å². The van der Waals surface area contributed by atoms with Crippen LogP contribution in [-0.2, 0) is 16.6 Å². The topological polar surface area (TPSA) is 57.5 Å². The molecular weight excluding hydrogens is 228 g/mol. The summed E-state index contributed by atoms with van der Waals surface area (Å²) >= 11 is 0. The Labute approximate surface area is 107 Å². The van der Waals surface area contributed by atoms with Gasteiger partial charge in [-0.05, 0) is 36.3 Å². The third-order valence-corrected chi connectivity index (χ3v) is 4.09. The molecule has 1 aliphatic rings. The number of carboxylic acids is 1. The summed E-state index contributed by atoms with van der Waals surface area (Å²) in [5.74, 6) is -0.735. The molecule has 0 aromatic heterocycles. The van der Waals surface area contributed by atoms with Crippen LogP contribution in [0.3, 0.4) is 0 Å². The zero-order chi connectivity index (χ0) is 13.3. The SMILES string of the molecule is CC(C)C(O)CC1(C(=O)O)CCc2ccccc21. The van der Waals surface area contributed by atoms with Gasteiger partial charge < -0.3 is 10.2 Å². The van der Waals surface area contributed by atoms with Crippen LogP contribution in [0.2, 0.25) is 0 Å². The maximum atomic E-state index is 11.7. The summed E-state index contributed by atoms with van der Waals surface area (Å²) < 4.78 is 0. The highest BCUT2D eigenvalue weighted by molar-refractivity contribution is 5.83. The van der Waals surface area contributed by atoms with Gasteiger partial charge in [0.2, 0.25) is 0 Å². The lowest BCUT2D eigenvalue weighted by Crippen LogP contribution is -2.38. The van der Waals surface area contributed by atoms with E-state index in [9.17, 15) is 15.0 Å². The van der Waals surface area contributed by atoms with Crippen molar-refractivity contribution in [2.45, 2.75) is 44.6 Å². The maximum Gasteiger partial charge on any atom is 0.314 e. The number of fused-ring (bicyclic) bond motifs is 1. The summed E-state index contributed by atoms with van der Waals surface area (Å²) in [6.45, 7) is 3.84. The zero-order valence-corrected chi connectivity index (χ0v) is 10.9. The molecule has 2 rings (SSSR count). The highest BCUT2D eigenvalue weighted by Crippen LogP contribution is 2.43. The standard InChI is InChI=1S/C15H20O3/c1-10(2)13(16)9-15(14(17)18)8-7-11-5-3-4-6-12(11)15/h3-6,10,13,16H,7-9H2,1-2H3,(H,17,18). The number of hydrogen-bond acceptors (Lipinski definition) is 2. The third-order valence-electron chi connectivity index (χ3n) is 4.09. The first-order valence-corrected chi connectivity index (χ1v) is 6.47. The molecule has 0 radical (unpaired) electrons. The Morgan fingerprint density at radius 3 is 2.67 bits per heavy atom. The lowest BCUT2D eigenvalue weighted by Gasteiger charge is -2.29. The van der Waals surface area contributed by atoms with Gasteiger partial charge in [-0.2, -0.15) is 0 Å². The molecule has 98 valence electrons. The van der Waals surface area contributed by atoms with Crippen molar-refractivity contribution in [3.05, 3.63) is 35.4 Å². The van der Waals surface area contributed by atoms with Gasteiger partial charge in [0.05, 0.1) is 11.5 Å². The molecule has 0 heterocycles. The van der Waals surface area contributed by atoms with E-state index in [0.717, 1.165) is 17.5 Å². The second-order valence-electron chi connectivity index (χ2n) is 5.56. The molecule has 0 fully saturated rings. The predicted octanol–water partition coefficient (Wildman–Crippen LogP) is 2.36. The van der Waals surface area contributed by atoms with Crippen LogP contribution in [0.25, 0.3) is 0 Å². The van der Waals surface area contributed by atoms with Gasteiger partial charge >= 0.3 is 5.97 Å². The smallest absolute Gasteiger partial charge is 0.314 e. The van der Waals surface area contributed by atoms with Crippen LogP contribution in [0.15, 0.2) is 24.3 Å². The molecule has 0 spiro atoms. The van der Waals surface area contributed by atoms with E-state index in [1.165, 1.54) is 0 Å². The molecule has 1 aromatic carbocycles. The van der Waals surface area contributed by atoms with Crippen LogP contribution in [0.5, 0.6) is 0 Å². The summed E-state index contributed by atoms with van der Waals surface area (Å²) in [7, 11) is 0. The van der Waals surface area contributed by atoms with Crippen LogP contribution in [-0.4, -0.2) is 22.3 Å². The summed E-state index contributed by atoms with van der Waals surface area (Å²) in [5.41, 5.74) is 1.09. The molecule has 0 amide bonds. The Balaban J connectivity index is 2.39. The first kappa shape index (κ1) is 13.1. The minimum absolute atomic E-state index is 0.0778. The number of aliphatic carboxylic acids is 1. The average Bonchev–Trinajstić information content (AvgIpc) is 2.70. The molecule has 2 unspecified atom stereocenters. The molecule has 0 saturated carbocycles. The first-order chi connectivity index (χ1) is 8.47. The van der Waals surface area contributed by atoms with Crippen molar-refractivity contribution < 1.29 is 15.0 Å². The fraction of sp³-hybridized carbons (Fsp3) is 0.533. The molecule has 0 aliphatic heterocycles. The molecule has 3 nitrogen and oxygen atoms in total. The predicted molar refractivity (Wildman–Crippen MR) is 69.5 cm³/mol. The number of aliphatic hydroxyl groups is 1. The van der Waals surface area contributed by atoms with E-state index in [1.54, 1.807) is 0 Å². The van der Waals surface area contributed by atoms with Crippen molar-refractivity contribution in [3.8, 4) is 0 Å². The minimum atomic E-state index is -0.902. The summed E-state index contributed by atoms with van der Waals surface area (Å²) in [6, 6.07) is 7.70. The van der Waals surface area contributed by atoms with Gasteiger partial charge in [-0.3, -0.25) is 4.79 Å². The van der Waals surface area contributed by atoms with Crippen LogP contribution < -0.4 is 0 Å². The van der Waals surface area contributed by atoms with E-state index in [1.807, 2.05) is 38.1 Å². The molecule has 0 bridgehead atoms. The van der Waals surface area contributed by atoms with E-state index in [0.29, 0.717) is 12.8 Å². The van der Waals surface area contributed by atoms with Gasteiger partial charge in [-0.15, -0.1) is 0 Å². The summed E-state index contributed by atoms with van der Waals surface area (Å²) in [5, 5.41) is 19.7. The Morgan fingerprint density at radius 1 is 1.39 bits per heavy atom. The highest BCUT2D eigenvalue weighted by Gasteiger charge is 2.46. The van der Waals surface area contributed by atoms with Crippen LogP contribution in [0, 0.1) is 5.92 Å². The Kier molecular flexibility index (Phi) is 3.44. The van der Waals surface area contributed by atoms with Crippen LogP contribution in [0.1, 0.15) is 37.8 Å². The number of rotatable bonds is 4. The molecule has 0 saturated heterocycles. The van der Waals surface area contributed by atoms with E-state index < -0.39 is 17.5 Å². The van der Waals surface area contributed by atoms with Gasteiger partial charge in [0.1, 0.15) is 0 Å². The second-order valence-corrected chi connectivity index (χ2v) is 5.56. The van der Waals surface area contributed by atoms with E-state index in [2.05, 4.69) is 0 Å². The lowest BCUT2D eigenvalue weighted by atomic mass is 9.75. The van der Waals surface area contributed by atoms with Crippen molar-refractivity contribution >= 4 is 5.97 Å². The fourth-order valence-electron chi connectivity index (χ4n) is 2.80. The van der Waals surface area contributed by atoms with Crippen molar-refractivity contribution in [2.75, 3.05) is 0 Å². The number of carboxylic acid groups (broad SMARTS) is 1. The van der Waals surface area contributed by atoms with E-state index in [-0.39, 0.29) is 5.92 Å². The zero-order valence-electron chi connectivity index (χ0n) is 10.9. The molecule has 2 N–H and O–H groups in total. The molecule has 3 heteroatoms. The van der Waals surface area contributed by atoms with Crippen LogP contribution in [0.4, 0.5) is 0 Å². The van der Waals surface area contributed by atoms with Crippen LogP contribution >= 0.6 is 0 Å². The Hall–Kier alpha value is -1.35. The maximum absolute atomic E-state index is 11.7. The normalized spacial score (nSPS) is 24.0. The Morgan fingerprint density at radius 2 is 2.06 bits per heavy atom. The number of hydrogen-bond donors (Lipinski definition) is 2. The summed E-state index contributed by atoms with van der Waals surface area (Å²) in [6.07, 6.45) is 1.10.